The smallest absolute Gasteiger partial charge is 0.0462 e. The van der Waals surface area contributed by atoms with Crippen molar-refractivity contribution in [1.82, 2.24) is 0 Å². The number of benzene rings is 3. The largest absolute Gasteiger partial charge is 0.350 e. The molecule has 126 valence electrons. The molecule has 0 bridgehead atoms. The van der Waals surface area contributed by atoms with Crippen LogP contribution in [0.4, 0.5) is 5.69 Å². The van der Waals surface area contributed by atoms with Crippen molar-refractivity contribution < 1.29 is 0 Å². The van der Waals surface area contributed by atoms with E-state index in [2.05, 4.69) is 111 Å². The van der Waals surface area contributed by atoms with Crippen LogP contribution in [-0.2, 0) is 6.42 Å². The molecule has 0 radical (unpaired) electrons. The molecule has 25 heavy (non-hydrogen) atoms. The van der Waals surface area contributed by atoms with Gasteiger partial charge < -0.3 is 4.90 Å². The Kier molecular flexibility index (Phi) is 5.35. The van der Waals surface area contributed by atoms with Gasteiger partial charge in [-0.3, -0.25) is 0 Å². The Morgan fingerprint density at radius 2 is 1.32 bits per heavy atom. The second-order valence-electron chi connectivity index (χ2n) is 6.53. The van der Waals surface area contributed by atoms with Crippen molar-refractivity contribution in [3.63, 3.8) is 0 Å². The molecule has 3 rings (SSSR count). The van der Waals surface area contributed by atoms with Crippen LogP contribution in [0.5, 0.6) is 0 Å². The lowest BCUT2D eigenvalue weighted by atomic mass is 9.98. The summed E-state index contributed by atoms with van der Waals surface area (Å²) in [5, 5.41) is 0. The molecule has 0 amide bonds. The van der Waals surface area contributed by atoms with Crippen LogP contribution in [0.15, 0.2) is 85.1 Å². The lowest BCUT2D eigenvalue weighted by molar-refractivity contribution is 1.14. The Bertz CT molecular complexity index is 828. The zero-order valence-corrected chi connectivity index (χ0v) is 15.2. The third-order valence-corrected chi connectivity index (χ3v) is 4.52. The van der Waals surface area contributed by atoms with Crippen LogP contribution in [0, 0.1) is 13.8 Å². The van der Waals surface area contributed by atoms with E-state index in [4.69, 9.17) is 0 Å². The molecule has 0 aromatic heterocycles. The van der Waals surface area contributed by atoms with E-state index < -0.39 is 0 Å². The zero-order chi connectivity index (χ0) is 17.6. The minimum atomic E-state index is 0.917. The highest BCUT2D eigenvalue weighted by Crippen LogP contribution is 2.27. The van der Waals surface area contributed by atoms with Gasteiger partial charge in [0, 0.05) is 18.9 Å². The molecular weight excluding hydrogens is 302 g/mol. The molecule has 0 saturated heterocycles. The normalized spacial score (nSPS) is 11.4. The van der Waals surface area contributed by atoms with Crippen LogP contribution in [0.3, 0.4) is 0 Å². The van der Waals surface area contributed by atoms with Crippen LogP contribution in [0.1, 0.15) is 22.3 Å². The molecule has 1 nitrogen and oxygen atoms in total. The van der Waals surface area contributed by atoms with Gasteiger partial charge in [0.2, 0.25) is 0 Å². The minimum absolute atomic E-state index is 0.917. The monoisotopic (exact) mass is 327 g/mol. The molecule has 0 saturated carbocycles. The number of nitrogens with zero attached hydrogens (tertiary/aromatic N) is 1. The Hall–Kier alpha value is -2.80. The Morgan fingerprint density at radius 3 is 1.92 bits per heavy atom. The van der Waals surface area contributed by atoms with Gasteiger partial charge in [-0.1, -0.05) is 78.9 Å². The van der Waals surface area contributed by atoms with Crippen LogP contribution < -0.4 is 4.90 Å². The first-order valence-electron chi connectivity index (χ1n) is 8.74. The summed E-state index contributed by atoms with van der Waals surface area (Å²) in [5.41, 5.74) is 7.79. The van der Waals surface area contributed by atoms with Gasteiger partial charge in [-0.15, -0.1) is 0 Å². The number of rotatable bonds is 5. The van der Waals surface area contributed by atoms with Crippen molar-refractivity contribution in [2.75, 3.05) is 11.9 Å². The SMILES string of the molecule is Cc1cccc(C)c1N(C)/C=C(/Cc1ccccc1)c1ccccc1. The number of para-hydroxylation sites is 1. The molecule has 0 unspecified atom stereocenters. The summed E-state index contributed by atoms with van der Waals surface area (Å²) in [6, 6.07) is 27.8. The van der Waals surface area contributed by atoms with E-state index >= 15 is 0 Å². The van der Waals surface area contributed by atoms with Crippen LogP contribution in [-0.4, -0.2) is 7.05 Å². The Balaban J connectivity index is 2.00. The first-order chi connectivity index (χ1) is 12.1. The fraction of sp³-hybridized carbons (Fsp3) is 0.167. The summed E-state index contributed by atoms with van der Waals surface area (Å²) in [5.74, 6) is 0. The van der Waals surface area contributed by atoms with E-state index in [1.165, 1.54) is 33.5 Å². The fourth-order valence-corrected chi connectivity index (χ4v) is 3.35. The van der Waals surface area contributed by atoms with E-state index in [-0.39, 0.29) is 0 Å². The van der Waals surface area contributed by atoms with Gasteiger partial charge in [-0.05, 0) is 48.1 Å². The second kappa shape index (κ2) is 7.85. The lowest BCUT2D eigenvalue weighted by Gasteiger charge is -2.22. The number of allylic oxidation sites excluding steroid dienone is 1. The summed E-state index contributed by atoms with van der Waals surface area (Å²) < 4.78 is 0. The third-order valence-electron chi connectivity index (χ3n) is 4.52. The molecule has 0 fully saturated rings. The minimum Gasteiger partial charge on any atom is -0.350 e. The predicted octanol–water partition coefficient (Wildman–Crippen LogP) is 6.02. The van der Waals surface area contributed by atoms with Crippen molar-refractivity contribution in [2.45, 2.75) is 20.3 Å². The maximum atomic E-state index is 2.28. The standard InChI is InChI=1S/C24H25N/c1-19-11-10-12-20(2)24(19)25(3)18-23(22-15-8-5-9-16-22)17-21-13-6-4-7-14-21/h4-16,18H,17H2,1-3H3/b23-18-. The number of hydrogen-bond acceptors (Lipinski definition) is 1. The van der Waals surface area contributed by atoms with Crippen LogP contribution in [0.25, 0.3) is 5.57 Å². The van der Waals surface area contributed by atoms with Crippen LogP contribution in [0.2, 0.25) is 0 Å². The van der Waals surface area contributed by atoms with E-state index in [1.54, 1.807) is 0 Å². The van der Waals surface area contributed by atoms with Crippen molar-refractivity contribution in [1.29, 1.82) is 0 Å². The quantitative estimate of drug-likeness (QED) is 0.553. The van der Waals surface area contributed by atoms with E-state index in [1.807, 2.05) is 0 Å². The van der Waals surface area contributed by atoms with E-state index in [9.17, 15) is 0 Å². The van der Waals surface area contributed by atoms with Gasteiger partial charge in [0.1, 0.15) is 0 Å². The molecule has 0 N–H and O–H groups in total. The van der Waals surface area contributed by atoms with Gasteiger partial charge in [-0.2, -0.15) is 0 Å². The summed E-state index contributed by atoms with van der Waals surface area (Å²) in [6.45, 7) is 4.35. The highest BCUT2D eigenvalue weighted by Gasteiger charge is 2.09. The van der Waals surface area contributed by atoms with Gasteiger partial charge in [0.15, 0.2) is 0 Å². The summed E-state index contributed by atoms with van der Waals surface area (Å²) in [7, 11) is 2.14. The van der Waals surface area contributed by atoms with Crippen molar-refractivity contribution >= 4 is 11.3 Å². The van der Waals surface area contributed by atoms with E-state index in [0.29, 0.717) is 0 Å². The first kappa shape index (κ1) is 17.0. The topological polar surface area (TPSA) is 3.24 Å². The van der Waals surface area contributed by atoms with Gasteiger partial charge >= 0.3 is 0 Å². The number of hydrogen-bond donors (Lipinski definition) is 0. The highest BCUT2D eigenvalue weighted by atomic mass is 15.1. The molecule has 3 aromatic rings. The third kappa shape index (κ3) is 4.19. The molecule has 0 aliphatic heterocycles. The summed E-state index contributed by atoms with van der Waals surface area (Å²) >= 11 is 0. The molecule has 0 atom stereocenters. The van der Waals surface area contributed by atoms with Crippen molar-refractivity contribution in [3.8, 4) is 0 Å². The van der Waals surface area contributed by atoms with Gasteiger partial charge in [0.05, 0.1) is 0 Å². The fourth-order valence-electron chi connectivity index (χ4n) is 3.35. The Labute approximate surface area is 151 Å². The number of anilines is 1. The summed E-state index contributed by atoms with van der Waals surface area (Å²) in [6.07, 6.45) is 3.19. The second-order valence-corrected chi connectivity index (χ2v) is 6.53. The maximum absolute atomic E-state index is 2.28. The maximum Gasteiger partial charge on any atom is 0.0462 e. The molecule has 1 heteroatoms. The van der Waals surface area contributed by atoms with Gasteiger partial charge in [-0.25, -0.2) is 0 Å². The zero-order valence-electron chi connectivity index (χ0n) is 15.2. The molecule has 0 spiro atoms. The molecular formula is C24H25N. The highest BCUT2D eigenvalue weighted by molar-refractivity contribution is 5.72. The predicted molar refractivity (Wildman–Crippen MR) is 109 cm³/mol. The molecule has 0 heterocycles. The lowest BCUT2D eigenvalue weighted by Crippen LogP contribution is -2.13. The average molecular weight is 327 g/mol. The van der Waals surface area contributed by atoms with Crippen molar-refractivity contribution in [2.24, 2.45) is 0 Å². The Morgan fingerprint density at radius 1 is 0.760 bits per heavy atom. The first-order valence-corrected chi connectivity index (χ1v) is 8.74. The van der Waals surface area contributed by atoms with Crippen molar-refractivity contribution in [3.05, 3.63) is 107 Å². The van der Waals surface area contributed by atoms with E-state index in [0.717, 1.165) is 6.42 Å². The summed E-state index contributed by atoms with van der Waals surface area (Å²) in [4.78, 5) is 2.26. The van der Waals surface area contributed by atoms with Crippen LogP contribution >= 0.6 is 0 Å². The van der Waals surface area contributed by atoms with Gasteiger partial charge in [0.25, 0.3) is 0 Å². The molecule has 3 aromatic carbocycles. The molecule has 0 aliphatic rings. The average Bonchev–Trinajstić information content (AvgIpc) is 2.63. The number of aryl methyl sites for hydroxylation is 2. The molecule has 0 aliphatic carbocycles.